The topological polar surface area (TPSA) is 93.5 Å². The number of ether oxygens (including phenoxy) is 1. The van der Waals surface area contributed by atoms with Crippen molar-refractivity contribution < 1.29 is 22.3 Å². The van der Waals surface area contributed by atoms with Gasteiger partial charge in [0.25, 0.3) is 10.0 Å². The number of benzene rings is 1. The second kappa shape index (κ2) is 7.70. The van der Waals surface area contributed by atoms with E-state index in [2.05, 4.69) is 10.3 Å². The van der Waals surface area contributed by atoms with Gasteiger partial charge in [0.05, 0.1) is 30.3 Å². The molecule has 0 unspecified atom stereocenters. The zero-order valence-electron chi connectivity index (χ0n) is 13.6. The number of carbonyl (C=O) groups is 1. The van der Waals surface area contributed by atoms with Crippen LogP contribution in [0.4, 0.5) is 10.1 Å². The first-order valence-corrected chi connectivity index (χ1v) is 9.52. The molecule has 26 heavy (non-hydrogen) atoms. The minimum Gasteiger partial charge on any atom is -0.379 e. The van der Waals surface area contributed by atoms with E-state index in [1.807, 2.05) is 0 Å². The predicted molar refractivity (Wildman–Crippen MR) is 91.8 cm³/mol. The Morgan fingerprint density at radius 2 is 2.08 bits per heavy atom. The maximum Gasteiger partial charge on any atom is 0.262 e. The summed E-state index contributed by atoms with van der Waals surface area (Å²) >= 11 is 5.86. The summed E-state index contributed by atoms with van der Waals surface area (Å²) in [4.78, 5) is 16.0. The van der Waals surface area contributed by atoms with Crippen molar-refractivity contribution in [3.05, 3.63) is 41.6 Å². The van der Waals surface area contributed by atoms with Crippen LogP contribution < -0.4 is 5.32 Å². The van der Waals surface area contributed by atoms with Crippen molar-refractivity contribution in [1.29, 1.82) is 0 Å². The fraction of sp³-hybridized carbons (Fsp3) is 0.333. The van der Waals surface area contributed by atoms with E-state index in [-0.39, 0.29) is 35.4 Å². The maximum atomic E-state index is 13.0. The number of halogens is 2. The molecule has 1 saturated heterocycles. The summed E-state index contributed by atoms with van der Waals surface area (Å²) in [6.45, 7) is 1.03. The number of imidazole rings is 1. The molecular formula is C15H16ClFN4O4S. The number of hydrogen-bond donors (Lipinski definition) is 1. The molecule has 1 aliphatic heterocycles. The van der Waals surface area contributed by atoms with Crippen molar-refractivity contribution >= 4 is 33.2 Å². The summed E-state index contributed by atoms with van der Waals surface area (Å²) in [5.41, 5.74) is 0.263. The van der Waals surface area contributed by atoms with E-state index in [0.717, 1.165) is 6.07 Å². The first-order chi connectivity index (χ1) is 12.4. The molecule has 1 fully saturated rings. The number of carbonyl (C=O) groups excluding carboxylic acids is 1. The van der Waals surface area contributed by atoms with Crippen LogP contribution in [0.3, 0.4) is 0 Å². The Balaban J connectivity index is 1.67. The number of anilines is 1. The number of nitrogens with one attached hydrogen (secondary N) is 1. The quantitative estimate of drug-likeness (QED) is 0.814. The van der Waals surface area contributed by atoms with Gasteiger partial charge in [-0.1, -0.05) is 11.6 Å². The lowest BCUT2D eigenvalue weighted by molar-refractivity contribution is -0.116. The fourth-order valence-electron chi connectivity index (χ4n) is 2.42. The van der Waals surface area contributed by atoms with E-state index in [0.29, 0.717) is 13.2 Å². The highest BCUT2D eigenvalue weighted by molar-refractivity contribution is 7.89. The Morgan fingerprint density at radius 3 is 2.77 bits per heavy atom. The molecule has 2 heterocycles. The lowest BCUT2D eigenvalue weighted by Gasteiger charge is -2.24. The van der Waals surface area contributed by atoms with Crippen molar-refractivity contribution in [2.75, 3.05) is 31.6 Å². The highest BCUT2D eigenvalue weighted by Gasteiger charge is 2.28. The molecule has 8 nitrogen and oxygen atoms in total. The van der Waals surface area contributed by atoms with Crippen LogP contribution in [0.5, 0.6) is 0 Å². The van der Waals surface area contributed by atoms with Crippen molar-refractivity contribution in [3.8, 4) is 0 Å². The number of rotatable bonds is 5. The van der Waals surface area contributed by atoms with Crippen LogP contribution in [0, 0.1) is 5.82 Å². The summed E-state index contributed by atoms with van der Waals surface area (Å²) in [6.07, 6.45) is 2.55. The number of hydrogen-bond acceptors (Lipinski definition) is 5. The molecule has 11 heteroatoms. The van der Waals surface area contributed by atoms with Crippen LogP contribution in [0.1, 0.15) is 0 Å². The smallest absolute Gasteiger partial charge is 0.262 e. The van der Waals surface area contributed by atoms with E-state index < -0.39 is 21.7 Å². The molecular weight excluding hydrogens is 387 g/mol. The molecule has 0 atom stereocenters. The maximum absolute atomic E-state index is 13.0. The van der Waals surface area contributed by atoms with Crippen LogP contribution in [0.15, 0.2) is 35.7 Å². The third kappa shape index (κ3) is 4.21. The van der Waals surface area contributed by atoms with Gasteiger partial charge in [-0.15, -0.1) is 0 Å². The normalized spacial score (nSPS) is 15.8. The summed E-state index contributed by atoms with van der Waals surface area (Å²) in [5.74, 6) is -0.966. The standard InChI is InChI=1S/C15H16ClFN4O4S/c16-12-7-11(17)1-2-13(12)19-14(22)8-20-9-15(18-10-20)26(23,24)21-3-5-25-6-4-21/h1-2,7,9-10H,3-6,8H2,(H,19,22). The number of sulfonamides is 1. The summed E-state index contributed by atoms with van der Waals surface area (Å²) in [6, 6.07) is 3.60. The zero-order chi connectivity index (χ0) is 18.7. The first-order valence-electron chi connectivity index (χ1n) is 7.71. The molecule has 140 valence electrons. The van der Waals surface area contributed by atoms with Gasteiger partial charge >= 0.3 is 0 Å². The Morgan fingerprint density at radius 1 is 1.35 bits per heavy atom. The SMILES string of the molecule is O=C(Cn1cnc(S(=O)(=O)N2CCOCC2)c1)Nc1ccc(F)cc1Cl. The number of amides is 1. The lowest BCUT2D eigenvalue weighted by atomic mass is 10.3. The third-order valence-corrected chi connectivity index (χ3v) is 5.81. The monoisotopic (exact) mass is 402 g/mol. The van der Waals surface area contributed by atoms with Gasteiger partial charge in [-0.05, 0) is 18.2 Å². The fourth-order valence-corrected chi connectivity index (χ4v) is 3.98. The van der Waals surface area contributed by atoms with Gasteiger partial charge in [0.2, 0.25) is 5.91 Å². The van der Waals surface area contributed by atoms with Crippen LogP contribution in [-0.4, -0.2) is 54.5 Å². The van der Waals surface area contributed by atoms with E-state index in [1.165, 1.54) is 33.5 Å². The van der Waals surface area contributed by atoms with Crippen molar-refractivity contribution in [1.82, 2.24) is 13.9 Å². The Hall–Kier alpha value is -2.01. The molecule has 0 spiro atoms. The van der Waals surface area contributed by atoms with Crippen LogP contribution in [-0.2, 0) is 26.1 Å². The van der Waals surface area contributed by atoms with Crippen molar-refractivity contribution in [2.45, 2.75) is 11.6 Å². The van der Waals surface area contributed by atoms with Crippen LogP contribution in [0.25, 0.3) is 0 Å². The number of aromatic nitrogens is 2. The minimum atomic E-state index is -3.72. The van der Waals surface area contributed by atoms with Gasteiger partial charge in [-0.3, -0.25) is 4.79 Å². The molecule has 2 aromatic rings. The summed E-state index contributed by atoms with van der Waals surface area (Å²) in [5, 5.41) is 2.47. The van der Waals surface area contributed by atoms with Gasteiger partial charge in [0, 0.05) is 19.3 Å². The zero-order valence-corrected chi connectivity index (χ0v) is 15.1. The number of nitrogens with zero attached hydrogens (tertiary/aromatic N) is 3. The Kier molecular flexibility index (Phi) is 5.56. The predicted octanol–water partition coefficient (Wildman–Crippen LogP) is 1.34. The molecule has 0 bridgehead atoms. The molecule has 1 aromatic heterocycles. The van der Waals surface area contributed by atoms with Gasteiger partial charge in [0.1, 0.15) is 12.4 Å². The summed E-state index contributed by atoms with van der Waals surface area (Å²) in [7, 11) is -3.72. The minimum absolute atomic E-state index is 0.0690. The second-order valence-electron chi connectivity index (χ2n) is 5.57. The lowest BCUT2D eigenvalue weighted by Crippen LogP contribution is -2.40. The molecule has 0 radical (unpaired) electrons. The van der Waals surface area contributed by atoms with E-state index in [1.54, 1.807) is 0 Å². The molecule has 1 amide bonds. The van der Waals surface area contributed by atoms with Crippen molar-refractivity contribution in [3.63, 3.8) is 0 Å². The Bertz CT molecular complexity index is 912. The average Bonchev–Trinajstić information content (AvgIpc) is 3.07. The molecule has 0 aliphatic carbocycles. The van der Waals surface area contributed by atoms with E-state index >= 15 is 0 Å². The van der Waals surface area contributed by atoms with Gasteiger partial charge < -0.3 is 14.6 Å². The average molecular weight is 403 g/mol. The second-order valence-corrected chi connectivity index (χ2v) is 7.87. The largest absolute Gasteiger partial charge is 0.379 e. The molecule has 3 rings (SSSR count). The van der Waals surface area contributed by atoms with E-state index in [4.69, 9.17) is 16.3 Å². The summed E-state index contributed by atoms with van der Waals surface area (Å²) < 4.78 is 45.8. The first kappa shape index (κ1) is 18.8. The van der Waals surface area contributed by atoms with E-state index in [9.17, 15) is 17.6 Å². The number of morpholine rings is 1. The third-order valence-electron chi connectivity index (χ3n) is 3.72. The van der Waals surface area contributed by atoms with Gasteiger partial charge in [0.15, 0.2) is 5.03 Å². The molecule has 0 saturated carbocycles. The van der Waals surface area contributed by atoms with Gasteiger partial charge in [-0.25, -0.2) is 17.8 Å². The molecule has 1 aliphatic rings. The molecule has 1 N–H and O–H groups in total. The van der Waals surface area contributed by atoms with Crippen molar-refractivity contribution in [2.24, 2.45) is 0 Å². The highest BCUT2D eigenvalue weighted by atomic mass is 35.5. The van der Waals surface area contributed by atoms with Crippen LogP contribution in [0.2, 0.25) is 5.02 Å². The highest BCUT2D eigenvalue weighted by Crippen LogP contribution is 2.22. The molecule has 1 aromatic carbocycles. The Labute approximate surface area is 154 Å². The van der Waals surface area contributed by atoms with Crippen LogP contribution >= 0.6 is 11.6 Å². The van der Waals surface area contributed by atoms with Gasteiger partial charge in [-0.2, -0.15) is 4.31 Å².